The first kappa shape index (κ1) is 20.3. The van der Waals surface area contributed by atoms with Crippen LogP contribution in [0.5, 0.6) is 0 Å². The van der Waals surface area contributed by atoms with Gasteiger partial charge in [0, 0.05) is 11.6 Å². The predicted octanol–water partition coefficient (Wildman–Crippen LogP) is 5.96. The maximum atomic E-state index is 12.9. The Labute approximate surface area is 180 Å². The summed E-state index contributed by atoms with van der Waals surface area (Å²) in [6.07, 6.45) is 0. The minimum atomic E-state index is -0.148. The van der Waals surface area contributed by atoms with E-state index in [1.54, 1.807) is 16.0 Å². The van der Waals surface area contributed by atoms with Gasteiger partial charge in [-0.15, -0.1) is 0 Å². The molecule has 0 aliphatic rings. The smallest absolute Gasteiger partial charge is 0.257 e. The van der Waals surface area contributed by atoms with Gasteiger partial charge in [-0.1, -0.05) is 55.9 Å². The van der Waals surface area contributed by atoms with Crippen molar-refractivity contribution in [2.75, 3.05) is 5.32 Å². The highest BCUT2D eigenvalue weighted by atomic mass is 32.1. The second-order valence-corrected chi connectivity index (χ2v) is 9.79. The van der Waals surface area contributed by atoms with E-state index in [0.717, 1.165) is 32.2 Å². The number of hydrogen-bond donors (Lipinski definition) is 1. The molecule has 2 heterocycles. The molecule has 154 valence electrons. The van der Waals surface area contributed by atoms with Crippen LogP contribution in [0.15, 0.2) is 42.5 Å². The van der Waals surface area contributed by atoms with Gasteiger partial charge in [0.05, 0.1) is 15.9 Å². The lowest BCUT2D eigenvalue weighted by molar-refractivity contribution is 0.102. The first-order valence-corrected chi connectivity index (χ1v) is 10.8. The van der Waals surface area contributed by atoms with Crippen molar-refractivity contribution < 1.29 is 4.79 Å². The van der Waals surface area contributed by atoms with Gasteiger partial charge in [-0.2, -0.15) is 9.78 Å². The van der Waals surface area contributed by atoms with E-state index in [1.807, 2.05) is 45.0 Å². The number of thiazole rings is 1. The van der Waals surface area contributed by atoms with E-state index in [0.29, 0.717) is 11.4 Å². The van der Waals surface area contributed by atoms with Crippen LogP contribution in [0.25, 0.3) is 15.3 Å². The minimum Gasteiger partial charge on any atom is -0.306 e. The molecule has 0 aliphatic heterocycles. The number of aryl methyl sites for hydroxylation is 3. The molecular weight excluding hydrogens is 392 g/mol. The van der Waals surface area contributed by atoms with Crippen LogP contribution >= 0.6 is 11.3 Å². The Hall–Kier alpha value is -2.99. The zero-order valence-corrected chi connectivity index (χ0v) is 19.0. The topological polar surface area (TPSA) is 59.8 Å². The molecule has 0 radical (unpaired) electrons. The molecule has 0 aliphatic carbocycles. The van der Waals surface area contributed by atoms with Crippen molar-refractivity contribution in [1.82, 2.24) is 14.8 Å². The third-order valence-electron chi connectivity index (χ3n) is 5.12. The molecule has 1 N–H and O–H groups in total. The Bertz CT molecular complexity index is 1260. The van der Waals surface area contributed by atoms with Gasteiger partial charge in [-0.25, -0.2) is 4.98 Å². The molecule has 0 saturated carbocycles. The first-order chi connectivity index (χ1) is 14.1. The fourth-order valence-corrected chi connectivity index (χ4v) is 4.43. The Kier molecular flexibility index (Phi) is 4.98. The number of fused-ring (bicyclic) bond motifs is 1. The standard InChI is InChI=1S/C24H26N4OS/c1-14-7-9-18(15(2)11-14)22(29)26-21-12-16(3)27-28(21)23-25-19-10-8-17(24(4,5)6)13-20(19)30-23/h7-13H,1-6H3,(H,26,29). The summed E-state index contributed by atoms with van der Waals surface area (Å²) in [5.74, 6) is 0.470. The lowest BCUT2D eigenvalue weighted by Crippen LogP contribution is -2.16. The van der Waals surface area contributed by atoms with Gasteiger partial charge in [0.25, 0.3) is 5.91 Å². The maximum absolute atomic E-state index is 12.9. The number of benzene rings is 2. The molecule has 6 heteroatoms. The van der Waals surface area contributed by atoms with Crippen LogP contribution in [0.2, 0.25) is 0 Å². The number of hydrogen-bond acceptors (Lipinski definition) is 4. The molecule has 0 unspecified atom stereocenters. The molecule has 2 aromatic carbocycles. The van der Waals surface area contributed by atoms with Crippen molar-refractivity contribution in [3.8, 4) is 5.13 Å². The second-order valence-electron chi connectivity index (χ2n) is 8.78. The van der Waals surface area contributed by atoms with E-state index in [1.165, 1.54) is 5.56 Å². The zero-order valence-electron chi connectivity index (χ0n) is 18.2. The van der Waals surface area contributed by atoms with Crippen LogP contribution in [-0.4, -0.2) is 20.7 Å². The van der Waals surface area contributed by atoms with Crippen molar-refractivity contribution in [3.05, 3.63) is 70.4 Å². The van der Waals surface area contributed by atoms with Crippen molar-refractivity contribution in [2.24, 2.45) is 0 Å². The monoisotopic (exact) mass is 418 g/mol. The summed E-state index contributed by atoms with van der Waals surface area (Å²) in [6.45, 7) is 12.5. The number of amides is 1. The SMILES string of the molecule is Cc1ccc(C(=O)Nc2cc(C)nn2-c2nc3ccc(C(C)(C)C)cc3s2)c(C)c1. The molecule has 0 saturated heterocycles. The largest absolute Gasteiger partial charge is 0.306 e. The van der Waals surface area contributed by atoms with E-state index >= 15 is 0 Å². The molecule has 1 amide bonds. The Morgan fingerprint density at radius 3 is 2.50 bits per heavy atom. The van der Waals surface area contributed by atoms with Crippen molar-refractivity contribution >= 4 is 33.3 Å². The molecular formula is C24H26N4OS. The molecule has 0 spiro atoms. The summed E-state index contributed by atoms with van der Waals surface area (Å²) >= 11 is 1.57. The third kappa shape index (κ3) is 3.87. The molecule has 5 nitrogen and oxygen atoms in total. The van der Waals surface area contributed by atoms with Crippen LogP contribution in [0, 0.1) is 20.8 Å². The Balaban J connectivity index is 1.70. The van der Waals surface area contributed by atoms with Crippen LogP contribution < -0.4 is 5.32 Å². The summed E-state index contributed by atoms with van der Waals surface area (Å²) in [4.78, 5) is 17.7. The maximum Gasteiger partial charge on any atom is 0.257 e. The summed E-state index contributed by atoms with van der Waals surface area (Å²) in [5, 5.41) is 8.33. The summed E-state index contributed by atoms with van der Waals surface area (Å²) in [5.41, 5.74) is 5.84. The van der Waals surface area contributed by atoms with Crippen molar-refractivity contribution in [3.63, 3.8) is 0 Å². The molecule has 2 aromatic heterocycles. The van der Waals surface area contributed by atoms with Gasteiger partial charge in [0.15, 0.2) is 0 Å². The molecule has 4 rings (SSSR count). The predicted molar refractivity (Wildman–Crippen MR) is 124 cm³/mol. The molecule has 4 aromatic rings. The number of nitrogens with one attached hydrogen (secondary N) is 1. The van der Waals surface area contributed by atoms with E-state index in [4.69, 9.17) is 4.98 Å². The normalized spacial score (nSPS) is 11.8. The third-order valence-corrected chi connectivity index (χ3v) is 6.12. The highest BCUT2D eigenvalue weighted by molar-refractivity contribution is 7.20. The number of rotatable bonds is 3. The van der Waals surface area contributed by atoms with Gasteiger partial charge in [0.2, 0.25) is 5.13 Å². The van der Waals surface area contributed by atoms with Crippen LogP contribution in [-0.2, 0) is 5.41 Å². The van der Waals surface area contributed by atoms with Gasteiger partial charge >= 0.3 is 0 Å². The van der Waals surface area contributed by atoms with E-state index in [-0.39, 0.29) is 11.3 Å². The molecule has 0 bridgehead atoms. The fraction of sp³-hybridized carbons (Fsp3) is 0.292. The lowest BCUT2D eigenvalue weighted by Gasteiger charge is -2.18. The Morgan fingerprint density at radius 1 is 1.03 bits per heavy atom. The van der Waals surface area contributed by atoms with Crippen molar-refractivity contribution in [1.29, 1.82) is 0 Å². The van der Waals surface area contributed by atoms with Gasteiger partial charge in [-0.3, -0.25) is 4.79 Å². The quantitative estimate of drug-likeness (QED) is 0.447. The molecule has 0 fully saturated rings. The van der Waals surface area contributed by atoms with Crippen LogP contribution in [0.3, 0.4) is 0 Å². The summed E-state index contributed by atoms with van der Waals surface area (Å²) < 4.78 is 2.83. The molecule has 30 heavy (non-hydrogen) atoms. The fourth-order valence-electron chi connectivity index (χ4n) is 3.46. The summed E-state index contributed by atoms with van der Waals surface area (Å²) in [6, 6.07) is 14.1. The Morgan fingerprint density at radius 2 is 1.80 bits per heavy atom. The van der Waals surface area contributed by atoms with Crippen LogP contribution in [0.1, 0.15) is 53.5 Å². The van der Waals surface area contributed by atoms with E-state index in [2.05, 4.69) is 49.4 Å². The lowest BCUT2D eigenvalue weighted by atomic mass is 9.87. The highest BCUT2D eigenvalue weighted by Crippen LogP contribution is 2.31. The highest BCUT2D eigenvalue weighted by Gasteiger charge is 2.18. The first-order valence-electron chi connectivity index (χ1n) is 9.98. The number of anilines is 1. The zero-order chi connectivity index (χ0) is 21.6. The number of nitrogens with zero attached hydrogens (tertiary/aromatic N) is 3. The van der Waals surface area contributed by atoms with E-state index in [9.17, 15) is 4.79 Å². The average molecular weight is 419 g/mol. The number of carbonyl (C=O) groups excluding carboxylic acids is 1. The number of aromatic nitrogens is 3. The average Bonchev–Trinajstić information content (AvgIpc) is 3.23. The summed E-state index contributed by atoms with van der Waals surface area (Å²) in [7, 11) is 0. The van der Waals surface area contributed by atoms with E-state index < -0.39 is 0 Å². The van der Waals surface area contributed by atoms with Gasteiger partial charge in [-0.05, 0) is 55.5 Å². The minimum absolute atomic E-state index is 0.0751. The van der Waals surface area contributed by atoms with Crippen molar-refractivity contribution in [2.45, 2.75) is 47.0 Å². The number of carbonyl (C=O) groups is 1. The van der Waals surface area contributed by atoms with Crippen LogP contribution in [0.4, 0.5) is 5.82 Å². The van der Waals surface area contributed by atoms with Gasteiger partial charge in [0.1, 0.15) is 5.82 Å². The van der Waals surface area contributed by atoms with Gasteiger partial charge < -0.3 is 5.32 Å². The second kappa shape index (κ2) is 7.36. The molecule has 0 atom stereocenters.